The van der Waals surface area contributed by atoms with Crippen LogP contribution in [0.2, 0.25) is 0 Å². The van der Waals surface area contributed by atoms with Crippen LogP contribution in [0.1, 0.15) is 99.2 Å². The molecular weight excluding hydrogens is 440 g/mol. The number of nitrogens with zero attached hydrogens (tertiary/aromatic N) is 1. The average Bonchev–Trinajstić information content (AvgIpc) is 3.20. The summed E-state index contributed by atoms with van der Waals surface area (Å²) in [6, 6.07) is 0.322. The van der Waals surface area contributed by atoms with Crippen LogP contribution in [0.4, 0.5) is 0 Å². The third-order valence-electron chi connectivity index (χ3n) is 4.69. The van der Waals surface area contributed by atoms with Gasteiger partial charge in [-0.25, -0.2) is 0 Å². The van der Waals surface area contributed by atoms with Gasteiger partial charge in [0.1, 0.15) is 6.29 Å². The summed E-state index contributed by atoms with van der Waals surface area (Å²) in [5.74, 6) is 0.740. The molecule has 1 unspecified atom stereocenters. The van der Waals surface area contributed by atoms with E-state index >= 15 is 0 Å². The van der Waals surface area contributed by atoms with Crippen LogP contribution in [0.5, 0.6) is 0 Å². The van der Waals surface area contributed by atoms with Gasteiger partial charge in [0.2, 0.25) is 5.91 Å². The number of unbranched alkanes of at least 4 members (excludes halogenated alkanes) is 3. The molecule has 0 fully saturated rings. The average molecular weight is 503 g/mol. The molecule has 1 rings (SSSR count). The van der Waals surface area contributed by atoms with Gasteiger partial charge in [-0.1, -0.05) is 55.0 Å². The molecule has 0 aromatic carbocycles. The first kappa shape index (κ1) is 40.0. The summed E-state index contributed by atoms with van der Waals surface area (Å²) in [5, 5.41) is 5.98. The molecule has 0 saturated carbocycles. The maximum absolute atomic E-state index is 11.4. The van der Waals surface area contributed by atoms with Gasteiger partial charge in [0, 0.05) is 35.9 Å². The topological polar surface area (TPSA) is 105 Å². The summed E-state index contributed by atoms with van der Waals surface area (Å²) in [6.07, 6.45) is 8.60. The summed E-state index contributed by atoms with van der Waals surface area (Å²) in [7, 11) is 0. The number of nitrogens with two attached hydrogens (primary N) is 1. The van der Waals surface area contributed by atoms with E-state index in [1.807, 2.05) is 27.7 Å². The van der Waals surface area contributed by atoms with Crippen LogP contribution >= 0.6 is 0 Å². The lowest BCUT2D eigenvalue weighted by atomic mass is 10.2. The van der Waals surface area contributed by atoms with Crippen molar-refractivity contribution >= 4 is 18.1 Å². The van der Waals surface area contributed by atoms with E-state index in [0.717, 1.165) is 44.2 Å². The maximum Gasteiger partial charge on any atom is 0.251 e. The van der Waals surface area contributed by atoms with Crippen molar-refractivity contribution in [2.75, 3.05) is 19.6 Å². The van der Waals surface area contributed by atoms with Crippen molar-refractivity contribution in [2.24, 2.45) is 11.7 Å². The second-order valence-electron chi connectivity index (χ2n) is 8.12. The molecule has 0 bridgehead atoms. The van der Waals surface area contributed by atoms with Crippen molar-refractivity contribution in [1.82, 2.24) is 15.5 Å². The molecule has 7 nitrogen and oxygen atoms in total. The molecule has 1 aliphatic heterocycles. The quantitative estimate of drug-likeness (QED) is 0.180. The van der Waals surface area contributed by atoms with E-state index in [9.17, 15) is 14.4 Å². The van der Waals surface area contributed by atoms with Gasteiger partial charge in [-0.05, 0) is 58.6 Å². The smallest absolute Gasteiger partial charge is 0.251 e. The fourth-order valence-corrected chi connectivity index (χ4v) is 2.46. The molecule has 0 aromatic heterocycles. The largest absolute Gasteiger partial charge is 0.355 e. The van der Waals surface area contributed by atoms with Crippen LogP contribution in [0.3, 0.4) is 0 Å². The molecule has 0 aromatic rings. The van der Waals surface area contributed by atoms with Gasteiger partial charge in [-0.2, -0.15) is 0 Å². The molecule has 2 amide bonds. The van der Waals surface area contributed by atoms with Gasteiger partial charge in [-0.15, -0.1) is 5.73 Å². The van der Waals surface area contributed by atoms with Crippen LogP contribution in [-0.4, -0.2) is 54.7 Å². The number of carbonyl (C=O) groups excluding carboxylic acids is 3. The number of likely N-dealkylation sites (N-methyl/N-ethyl adjacent to an activating group) is 1. The molecule has 4 N–H and O–H groups in total. The van der Waals surface area contributed by atoms with Gasteiger partial charge in [-0.3, -0.25) is 9.59 Å². The highest BCUT2D eigenvalue weighted by Gasteiger charge is 2.18. The van der Waals surface area contributed by atoms with Crippen LogP contribution in [0.15, 0.2) is 30.2 Å². The summed E-state index contributed by atoms with van der Waals surface area (Å²) in [4.78, 5) is 34.3. The molecule has 35 heavy (non-hydrogen) atoms. The molecule has 7 heteroatoms. The summed E-state index contributed by atoms with van der Waals surface area (Å²) < 4.78 is 0. The summed E-state index contributed by atoms with van der Waals surface area (Å²) >= 11 is 0. The number of aldehydes is 1. The lowest BCUT2D eigenvalue weighted by Gasteiger charge is -2.17. The van der Waals surface area contributed by atoms with Gasteiger partial charge in [0.25, 0.3) is 5.91 Å². The highest BCUT2D eigenvalue weighted by Crippen LogP contribution is 2.14. The number of nitrogens with one attached hydrogen (secondary N) is 2. The summed E-state index contributed by atoms with van der Waals surface area (Å²) in [5.41, 5.74) is 8.64. The Morgan fingerprint density at radius 1 is 1.17 bits per heavy atom. The van der Waals surface area contributed by atoms with E-state index in [-0.39, 0.29) is 29.6 Å². The zero-order valence-electron chi connectivity index (χ0n) is 23.1. The minimum Gasteiger partial charge on any atom is -0.355 e. The Labute approximate surface area is 221 Å². The van der Waals surface area contributed by atoms with Crippen molar-refractivity contribution in [2.45, 2.75) is 107 Å². The highest BCUT2D eigenvalue weighted by atomic mass is 16.2. The zero-order chi connectivity index (χ0) is 26.9. The van der Waals surface area contributed by atoms with Crippen LogP contribution in [0, 0.1) is 5.92 Å². The van der Waals surface area contributed by atoms with E-state index in [2.05, 4.69) is 50.6 Å². The molecule has 1 heterocycles. The Morgan fingerprint density at radius 3 is 2.17 bits per heavy atom. The molecule has 212 valence electrons. The monoisotopic (exact) mass is 502 g/mol. The Balaban J connectivity index is -0.0000000759. The Kier molecular flexibility index (Phi) is 32.0. The molecule has 2 atom stereocenters. The molecule has 0 aliphatic carbocycles. The normalized spacial score (nSPS) is 13.0. The Hall–Kier alpha value is -2.21. The van der Waals surface area contributed by atoms with Crippen molar-refractivity contribution in [1.29, 1.82) is 0 Å². The first-order valence-corrected chi connectivity index (χ1v) is 12.7. The second-order valence-corrected chi connectivity index (χ2v) is 8.12. The van der Waals surface area contributed by atoms with Crippen molar-refractivity contribution in [3.05, 3.63) is 30.2 Å². The first-order chi connectivity index (χ1) is 16.2. The minimum atomic E-state index is -0.0834. The fraction of sp³-hybridized carbons (Fsp3) is 0.714. The molecule has 0 saturated heterocycles. The van der Waals surface area contributed by atoms with Crippen molar-refractivity contribution < 1.29 is 18.7 Å². The molecule has 0 radical (unpaired) electrons. The number of amides is 2. The van der Waals surface area contributed by atoms with Crippen molar-refractivity contribution in [3.8, 4) is 0 Å². The predicted molar refractivity (Wildman–Crippen MR) is 157 cm³/mol. The van der Waals surface area contributed by atoms with E-state index in [1.165, 1.54) is 6.08 Å². The molecule has 1 aliphatic rings. The van der Waals surface area contributed by atoms with E-state index < -0.39 is 0 Å². The minimum absolute atomic E-state index is 0. The maximum atomic E-state index is 11.4. The SMILES string of the molecule is C.C=C=C1C=CC(=O)N1CCCCCC=O.CC.CC(C)CN.CCNC(=O)[C@H](C)NC(C)CC.[HH].[HH].[HH]. The summed E-state index contributed by atoms with van der Waals surface area (Å²) in [6.45, 7) is 21.9. The van der Waals surface area contributed by atoms with Gasteiger partial charge in [0.15, 0.2) is 0 Å². The standard InChI is InChI=1S/C12H15NO2.C9H20N2O.C4H11N.C2H6.CH4.3H2/c1-2-11-7-8-12(15)13(11)9-5-3-4-6-10-14;1-5-7(3)11-8(4)9(12)10-6-2;1-4(2)3-5;1-2;;;;/h7-8,10H,1,3-6,9H2;7-8,11H,5-6H2,1-4H3,(H,10,12);4H,3,5H2,1-2H3;1-2H3;1H4;3*1H/t;7?,8-;;;;;;/m.0....../s1. The van der Waals surface area contributed by atoms with Gasteiger partial charge < -0.3 is 26.1 Å². The lowest BCUT2D eigenvalue weighted by molar-refractivity contribution is -0.123. The van der Waals surface area contributed by atoms with E-state index in [0.29, 0.717) is 31.5 Å². The van der Waals surface area contributed by atoms with Crippen LogP contribution in [-0.2, 0) is 14.4 Å². The highest BCUT2D eigenvalue weighted by molar-refractivity contribution is 5.93. The lowest BCUT2D eigenvalue weighted by Crippen LogP contribution is -2.45. The number of hydrogen-bond acceptors (Lipinski definition) is 5. The van der Waals surface area contributed by atoms with E-state index in [4.69, 9.17) is 5.73 Å². The Bertz CT molecular complexity index is 626. The number of rotatable bonds is 12. The first-order valence-electron chi connectivity index (χ1n) is 12.7. The fourth-order valence-electron chi connectivity index (χ4n) is 2.46. The Morgan fingerprint density at radius 2 is 1.74 bits per heavy atom. The van der Waals surface area contributed by atoms with Crippen LogP contribution < -0.4 is 16.4 Å². The third-order valence-corrected chi connectivity index (χ3v) is 4.69. The van der Waals surface area contributed by atoms with E-state index in [1.54, 1.807) is 11.0 Å². The third kappa shape index (κ3) is 23.3. The zero-order valence-corrected chi connectivity index (χ0v) is 23.1. The number of allylic oxidation sites excluding steroid dienone is 1. The predicted octanol–water partition coefficient (Wildman–Crippen LogP) is 5.71. The molecular formula is C28H62N4O3. The second kappa shape index (κ2) is 28.0. The van der Waals surface area contributed by atoms with Crippen LogP contribution in [0.25, 0.3) is 0 Å². The molecule has 0 spiro atoms. The number of hydrogen-bond donors (Lipinski definition) is 3. The van der Waals surface area contributed by atoms with Crippen molar-refractivity contribution in [3.63, 3.8) is 0 Å². The van der Waals surface area contributed by atoms with Gasteiger partial charge in [0.05, 0.1) is 11.7 Å². The number of carbonyl (C=O) groups is 3. The van der Waals surface area contributed by atoms with Gasteiger partial charge >= 0.3 is 0 Å².